The number of nitrogens with one attached hydrogen (secondary N) is 2. The first-order chi connectivity index (χ1) is 15.6. The normalized spacial score (nSPS) is 12.5. The maximum Gasteiger partial charge on any atom is 0.327 e. The van der Waals surface area contributed by atoms with Crippen molar-refractivity contribution < 1.29 is 39.5 Å². The number of carboxylic acids is 1. The van der Waals surface area contributed by atoms with E-state index in [1.165, 1.54) is 19.2 Å². The molecule has 0 saturated carbocycles. The predicted molar refractivity (Wildman–Crippen MR) is 120 cm³/mol. The molecule has 0 heterocycles. The van der Waals surface area contributed by atoms with E-state index in [0.717, 1.165) is 0 Å². The highest BCUT2D eigenvalue weighted by atomic mass is 16.5. The number of ether oxygens (including phenoxy) is 1. The molecule has 0 amide bonds. The van der Waals surface area contributed by atoms with Gasteiger partial charge in [-0.2, -0.15) is 0 Å². The quantitative estimate of drug-likeness (QED) is 0.119. The molecule has 178 valence electrons. The molecule has 0 aliphatic carbocycles. The fourth-order valence-corrected chi connectivity index (χ4v) is 3.29. The van der Waals surface area contributed by atoms with Crippen molar-refractivity contribution >= 4 is 23.4 Å². The number of phenols is 3. The van der Waals surface area contributed by atoms with Gasteiger partial charge in [-0.05, 0) is 56.1 Å². The lowest BCUT2D eigenvalue weighted by Crippen LogP contribution is -2.40. The Morgan fingerprint density at radius 2 is 1.70 bits per heavy atom. The number of carbonyl (C=O) groups is 3. The van der Waals surface area contributed by atoms with Gasteiger partial charge in [0.2, 0.25) is 0 Å². The molecule has 6 N–H and O–H groups in total. The number of para-hydroxylation sites is 1. The molecule has 2 rings (SSSR count). The van der Waals surface area contributed by atoms with Crippen LogP contribution in [0.2, 0.25) is 0 Å². The Hall–Kier alpha value is -3.79. The molecule has 33 heavy (non-hydrogen) atoms. The van der Waals surface area contributed by atoms with Gasteiger partial charge in [-0.25, -0.2) is 4.79 Å². The van der Waals surface area contributed by atoms with Gasteiger partial charge in [-0.3, -0.25) is 9.59 Å². The Kier molecular flexibility index (Phi) is 9.05. The van der Waals surface area contributed by atoms with Crippen molar-refractivity contribution in [1.82, 2.24) is 5.32 Å². The lowest BCUT2D eigenvalue weighted by Gasteiger charge is -2.20. The van der Waals surface area contributed by atoms with Gasteiger partial charge < -0.3 is 35.8 Å². The lowest BCUT2D eigenvalue weighted by molar-refractivity contribution is -0.141. The molecular formula is C23H28N2O8. The zero-order chi connectivity index (χ0) is 24.5. The number of aryl methyl sites for hydroxylation is 1. The largest absolute Gasteiger partial charge is 0.504 e. The van der Waals surface area contributed by atoms with Crippen LogP contribution in [0.1, 0.15) is 35.7 Å². The van der Waals surface area contributed by atoms with E-state index in [0.29, 0.717) is 24.1 Å². The van der Waals surface area contributed by atoms with E-state index in [2.05, 4.69) is 15.4 Å². The van der Waals surface area contributed by atoms with E-state index in [9.17, 15) is 34.8 Å². The highest BCUT2D eigenvalue weighted by molar-refractivity contribution is 6.06. The summed E-state index contributed by atoms with van der Waals surface area (Å²) in [5.41, 5.74) is 1.19. The number of phenolic OH excluding ortho intramolecular Hbond substituents is 3. The average molecular weight is 460 g/mol. The van der Waals surface area contributed by atoms with Crippen LogP contribution in [-0.2, 0) is 20.7 Å². The number of aromatic hydroxyl groups is 3. The van der Waals surface area contributed by atoms with Crippen LogP contribution >= 0.6 is 0 Å². The van der Waals surface area contributed by atoms with Gasteiger partial charge in [0.25, 0.3) is 0 Å². The van der Waals surface area contributed by atoms with Crippen LogP contribution < -0.4 is 10.6 Å². The van der Waals surface area contributed by atoms with Crippen LogP contribution in [0.5, 0.6) is 17.2 Å². The molecule has 0 bridgehead atoms. The summed E-state index contributed by atoms with van der Waals surface area (Å²) in [4.78, 5) is 36.2. The van der Waals surface area contributed by atoms with Gasteiger partial charge in [-0.1, -0.05) is 12.1 Å². The molecule has 0 aromatic heterocycles. The minimum atomic E-state index is -1.15. The molecule has 0 saturated heterocycles. The number of methoxy groups -OCH3 is 1. The number of aliphatic carboxylic acids is 1. The van der Waals surface area contributed by atoms with Crippen molar-refractivity contribution in [2.45, 2.75) is 38.3 Å². The third kappa shape index (κ3) is 7.11. The maximum absolute atomic E-state index is 13.1. The average Bonchev–Trinajstić information content (AvgIpc) is 2.78. The number of rotatable bonds is 12. The standard InChI is InChI=1S/C23H28N2O8/c1-13(23(32)33-2)25-16-8-4-3-7-15(16)21(30)17(12-20(28)29)24-9-5-6-14-10-18(26)22(31)19(27)11-14/h3-4,7-8,10-11,13,17,24-27,31H,5-6,9,12H2,1-2H3,(H,28,29)/t13?,17-/m0/s1. The summed E-state index contributed by atoms with van der Waals surface area (Å²) in [5, 5.41) is 43.7. The fourth-order valence-electron chi connectivity index (χ4n) is 3.29. The Balaban J connectivity index is 2.08. The van der Waals surface area contributed by atoms with E-state index in [4.69, 9.17) is 0 Å². The van der Waals surface area contributed by atoms with Crippen LogP contribution in [0.4, 0.5) is 5.69 Å². The van der Waals surface area contributed by atoms with E-state index in [-0.39, 0.29) is 12.1 Å². The summed E-state index contributed by atoms with van der Waals surface area (Å²) in [6, 6.07) is 7.40. The first kappa shape index (κ1) is 25.5. The van der Waals surface area contributed by atoms with E-state index >= 15 is 0 Å². The Bertz CT molecular complexity index is 985. The van der Waals surface area contributed by atoms with Crippen LogP contribution in [0.3, 0.4) is 0 Å². The second kappa shape index (κ2) is 11.7. The van der Waals surface area contributed by atoms with E-state index < -0.39 is 53.5 Å². The van der Waals surface area contributed by atoms with Crippen molar-refractivity contribution in [3.05, 3.63) is 47.5 Å². The van der Waals surface area contributed by atoms with Gasteiger partial charge in [-0.15, -0.1) is 0 Å². The Morgan fingerprint density at radius 3 is 2.30 bits per heavy atom. The van der Waals surface area contributed by atoms with Crippen molar-refractivity contribution in [1.29, 1.82) is 0 Å². The molecule has 0 radical (unpaired) electrons. The maximum atomic E-state index is 13.1. The van der Waals surface area contributed by atoms with Gasteiger partial charge in [0.05, 0.1) is 19.6 Å². The van der Waals surface area contributed by atoms with Crippen molar-refractivity contribution in [2.75, 3.05) is 19.0 Å². The topological polar surface area (TPSA) is 165 Å². The molecule has 0 aliphatic heterocycles. The molecule has 2 aromatic rings. The molecule has 10 heteroatoms. The minimum Gasteiger partial charge on any atom is -0.504 e. The van der Waals surface area contributed by atoms with Crippen molar-refractivity contribution in [3.63, 3.8) is 0 Å². The second-order valence-electron chi connectivity index (χ2n) is 7.49. The lowest BCUT2D eigenvalue weighted by atomic mass is 9.99. The van der Waals surface area contributed by atoms with Crippen molar-refractivity contribution in [3.8, 4) is 17.2 Å². The summed E-state index contributed by atoms with van der Waals surface area (Å²) < 4.78 is 4.69. The number of esters is 1. The summed E-state index contributed by atoms with van der Waals surface area (Å²) in [6.07, 6.45) is 0.421. The molecule has 2 atom stereocenters. The number of ketones is 1. The molecule has 1 unspecified atom stereocenters. The smallest absolute Gasteiger partial charge is 0.327 e. The van der Waals surface area contributed by atoms with Gasteiger partial charge in [0.15, 0.2) is 23.0 Å². The number of carbonyl (C=O) groups excluding carboxylic acids is 2. The SMILES string of the molecule is COC(=O)C(C)Nc1ccccc1C(=O)[C@H](CC(=O)O)NCCCc1cc(O)c(O)c(O)c1. The highest BCUT2D eigenvalue weighted by Crippen LogP contribution is 2.35. The first-order valence-electron chi connectivity index (χ1n) is 10.3. The predicted octanol–water partition coefficient (Wildman–Crippen LogP) is 2.03. The molecular weight excluding hydrogens is 432 g/mol. The van der Waals surface area contributed by atoms with Crippen LogP contribution in [0, 0.1) is 0 Å². The summed E-state index contributed by atoms with van der Waals surface area (Å²) in [5.74, 6) is -3.59. The number of hydrogen-bond acceptors (Lipinski definition) is 9. The third-order valence-corrected chi connectivity index (χ3v) is 4.98. The molecule has 2 aromatic carbocycles. The van der Waals surface area contributed by atoms with Crippen LogP contribution in [0.15, 0.2) is 36.4 Å². The first-order valence-corrected chi connectivity index (χ1v) is 10.3. The molecule has 10 nitrogen and oxygen atoms in total. The summed E-state index contributed by atoms with van der Waals surface area (Å²) in [7, 11) is 1.26. The highest BCUT2D eigenvalue weighted by Gasteiger charge is 2.25. The van der Waals surface area contributed by atoms with E-state index in [1.54, 1.807) is 31.2 Å². The summed E-state index contributed by atoms with van der Waals surface area (Å²) in [6.45, 7) is 1.86. The summed E-state index contributed by atoms with van der Waals surface area (Å²) >= 11 is 0. The van der Waals surface area contributed by atoms with Gasteiger partial charge in [0.1, 0.15) is 6.04 Å². The monoisotopic (exact) mass is 460 g/mol. The Labute approximate surface area is 190 Å². The fraction of sp³-hybridized carbons (Fsp3) is 0.348. The number of hydrogen-bond donors (Lipinski definition) is 6. The van der Waals surface area contributed by atoms with Gasteiger partial charge >= 0.3 is 11.9 Å². The molecule has 0 spiro atoms. The number of carboxylic acid groups (broad SMARTS) is 1. The van der Waals surface area contributed by atoms with Crippen LogP contribution in [0.25, 0.3) is 0 Å². The minimum absolute atomic E-state index is 0.236. The number of benzene rings is 2. The third-order valence-electron chi connectivity index (χ3n) is 4.98. The number of Topliss-reactive ketones (excluding diaryl/α,β-unsaturated/α-hetero) is 1. The van der Waals surface area contributed by atoms with Crippen LogP contribution in [-0.4, -0.2) is 63.9 Å². The zero-order valence-corrected chi connectivity index (χ0v) is 18.4. The zero-order valence-electron chi connectivity index (χ0n) is 18.4. The van der Waals surface area contributed by atoms with Gasteiger partial charge in [0, 0.05) is 11.3 Å². The number of anilines is 1. The molecule has 0 aliphatic rings. The Morgan fingerprint density at radius 1 is 1.06 bits per heavy atom. The second-order valence-corrected chi connectivity index (χ2v) is 7.49. The van der Waals surface area contributed by atoms with E-state index in [1.807, 2.05) is 0 Å². The van der Waals surface area contributed by atoms with Crippen molar-refractivity contribution in [2.24, 2.45) is 0 Å². The molecule has 0 fully saturated rings.